The van der Waals surface area contributed by atoms with Gasteiger partial charge in [-0.3, -0.25) is 0 Å². The van der Waals surface area contributed by atoms with E-state index in [2.05, 4.69) is 41.8 Å². The Morgan fingerprint density at radius 1 is 1.00 bits per heavy atom. The third-order valence-electron chi connectivity index (χ3n) is 2.27. The molecule has 0 atom stereocenters. The summed E-state index contributed by atoms with van der Waals surface area (Å²) in [5.74, 6) is 0.875. The minimum Gasteiger partial charge on any atom is -0.241 e. The number of aromatic nitrogens is 2. The van der Waals surface area contributed by atoms with E-state index < -0.39 is 0 Å². The van der Waals surface area contributed by atoms with Crippen molar-refractivity contribution in [3.8, 4) is 11.1 Å². The highest BCUT2D eigenvalue weighted by atomic mass is 79.9. The van der Waals surface area contributed by atoms with Gasteiger partial charge in [0.1, 0.15) is 5.82 Å². The van der Waals surface area contributed by atoms with E-state index >= 15 is 0 Å². The molecule has 0 amide bonds. The zero-order valence-corrected chi connectivity index (χ0v) is 11.9. The van der Waals surface area contributed by atoms with E-state index in [4.69, 9.17) is 0 Å². The summed E-state index contributed by atoms with van der Waals surface area (Å²) in [5, 5.41) is 0. The van der Waals surface area contributed by atoms with Crippen LogP contribution in [0.2, 0.25) is 0 Å². The van der Waals surface area contributed by atoms with Crippen molar-refractivity contribution < 1.29 is 0 Å². The van der Waals surface area contributed by atoms with Crippen LogP contribution in [0.15, 0.2) is 39.5 Å². The van der Waals surface area contributed by atoms with Gasteiger partial charge in [0.25, 0.3) is 0 Å². The maximum absolute atomic E-state index is 4.29. The van der Waals surface area contributed by atoms with E-state index in [1.165, 1.54) is 0 Å². The average molecular weight is 342 g/mol. The van der Waals surface area contributed by atoms with Gasteiger partial charge in [-0.1, -0.05) is 13.0 Å². The molecular formula is C12H10Br2N2. The highest BCUT2D eigenvalue weighted by Crippen LogP contribution is 2.28. The lowest BCUT2D eigenvalue weighted by molar-refractivity contribution is 0.941. The summed E-state index contributed by atoms with van der Waals surface area (Å²) in [5.41, 5.74) is 2.14. The topological polar surface area (TPSA) is 25.8 Å². The lowest BCUT2D eigenvalue weighted by Crippen LogP contribution is -1.92. The molecule has 1 aromatic heterocycles. The highest BCUT2D eigenvalue weighted by molar-refractivity contribution is 9.13. The van der Waals surface area contributed by atoms with Crippen LogP contribution in [-0.4, -0.2) is 9.97 Å². The summed E-state index contributed by atoms with van der Waals surface area (Å²) in [7, 11) is 0. The Balaban J connectivity index is 2.38. The molecule has 0 fully saturated rings. The van der Waals surface area contributed by atoms with Crippen molar-refractivity contribution in [3.05, 3.63) is 45.4 Å². The highest BCUT2D eigenvalue weighted by Gasteiger charge is 2.02. The Bertz CT molecular complexity index is 495. The molecule has 0 aliphatic carbocycles. The smallest absolute Gasteiger partial charge is 0.127 e. The normalized spacial score (nSPS) is 10.4. The molecule has 1 aromatic carbocycles. The lowest BCUT2D eigenvalue weighted by atomic mass is 10.1. The van der Waals surface area contributed by atoms with Gasteiger partial charge < -0.3 is 0 Å². The Morgan fingerprint density at radius 3 is 2.25 bits per heavy atom. The van der Waals surface area contributed by atoms with Crippen molar-refractivity contribution in [2.45, 2.75) is 13.3 Å². The van der Waals surface area contributed by atoms with Gasteiger partial charge in [0.15, 0.2) is 0 Å². The van der Waals surface area contributed by atoms with Crippen molar-refractivity contribution in [1.29, 1.82) is 0 Å². The minimum atomic E-state index is 0.865. The second-order valence-electron chi connectivity index (χ2n) is 3.37. The fraction of sp³-hybridized carbons (Fsp3) is 0.167. The van der Waals surface area contributed by atoms with E-state index in [9.17, 15) is 0 Å². The Kier molecular flexibility index (Phi) is 3.71. The summed E-state index contributed by atoms with van der Waals surface area (Å²) in [6.07, 6.45) is 4.59. The number of halogens is 2. The van der Waals surface area contributed by atoms with Crippen LogP contribution in [-0.2, 0) is 6.42 Å². The molecule has 2 aromatic rings. The van der Waals surface area contributed by atoms with Crippen molar-refractivity contribution in [1.82, 2.24) is 9.97 Å². The second kappa shape index (κ2) is 5.06. The third-order valence-corrected chi connectivity index (χ3v) is 4.15. The molecule has 82 valence electrons. The standard InChI is InChI=1S/C12H10Br2N2/c1-2-12-15-6-9(7-16-12)8-3-4-10(13)11(14)5-8/h3-7H,2H2,1H3. The summed E-state index contributed by atoms with van der Waals surface area (Å²) in [6, 6.07) is 6.10. The van der Waals surface area contributed by atoms with E-state index in [-0.39, 0.29) is 0 Å². The van der Waals surface area contributed by atoms with Crippen LogP contribution >= 0.6 is 31.9 Å². The van der Waals surface area contributed by atoms with Gasteiger partial charge in [-0.05, 0) is 49.6 Å². The number of hydrogen-bond acceptors (Lipinski definition) is 2. The first kappa shape index (κ1) is 11.7. The number of hydrogen-bond donors (Lipinski definition) is 0. The number of benzene rings is 1. The molecular weight excluding hydrogens is 332 g/mol. The molecule has 0 aliphatic rings. The number of aryl methyl sites for hydroxylation is 1. The van der Waals surface area contributed by atoms with Gasteiger partial charge in [0.2, 0.25) is 0 Å². The second-order valence-corrected chi connectivity index (χ2v) is 5.08. The number of nitrogens with zero attached hydrogens (tertiary/aromatic N) is 2. The molecule has 0 N–H and O–H groups in total. The Hall–Kier alpha value is -0.740. The van der Waals surface area contributed by atoms with Crippen molar-refractivity contribution in [3.63, 3.8) is 0 Å². The molecule has 0 radical (unpaired) electrons. The predicted molar refractivity (Wildman–Crippen MR) is 72.2 cm³/mol. The van der Waals surface area contributed by atoms with E-state index in [0.29, 0.717) is 0 Å². The summed E-state index contributed by atoms with van der Waals surface area (Å²) < 4.78 is 2.08. The first-order valence-electron chi connectivity index (χ1n) is 4.97. The first-order chi connectivity index (χ1) is 7.70. The van der Waals surface area contributed by atoms with E-state index in [1.807, 2.05) is 37.5 Å². The first-order valence-corrected chi connectivity index (χ1v) is 6.55. The Labute approximate surface area is 111 Å². The molecule has 0 bridgehead atoms. The van der Waals surface area contributed by atoms with Crippen molar-refractivity contribution >= 4 is 31.9 Å². The molecule has 0 saturated heterocycles. The average Bonchev–Trinajstić information content (AvgIpc) is 2.33. The van der Waals surface area contributed by atoms with E-state index in [0.717, 1.165) is 32.3 Å². The van der Waals surface area contributed by atoms with Crippen LogP contribution < -0.4 is 0 Å². The molecule has 0 aliphatic heterocycles. The molecule has 2 nitrogen and oxygen atoms in total. The van der Waals surface area contributed by atoms with Gasteiger partial charge in [-0.25, -0.2) is 9.97 Å². The molecule has 0 unspecified atom stereocenters. The molecule has 0 spiro atoms. The molecule has 2 rings (SSSR count). The van der Waals surface area contributed by atoms with Crippen LogP contribution in [0, 0.1) is 0 Å². The van der Waals surface area contributed by atoms with Crippen molar-refractivity contribution in [2.75, 3.05) is 0 Å². The van der Waals surface area contributed by atoms with Crippen molar-refractivity contribution in [2.24, 2.45) is 0 Å². The zero-order chi connectivity index (χ0) is 11.5. The third kappa shape index (κ3) is 2.50. The lowest BCUT2D eigenvalue weighted by Gasteiger charge is -2.03. The summed E-state index contributed by atoms with van der Waals surface area (Å²) in [6.45, 7) is 2.05. The maximum Gasteiger partial charge on any atom is 0.127 e. The van der Waals surface area contributed by atoms with Crippen LogP contribution in [0.5, 0.6) is 0 Å². The fourth-order valence-electron chi connectivity index (χ4n) is 1.36. The van der Waals surface area contributed by atoms with Gasteiger partial charge in [-0.2, -0.15) is 0 Å². The Morgan fingerprint density at radius 2 is 1.69 bits per heavy atom. The monoisotopic (exact) mass is 340 g/mol. The zero-order valence-electron chi connectivity index (χ0n) is 8.74. The molecule has 4 heteroatoms. The largest absolute Gasteiger partial charge is 0.241 e. The van der Waals surface area contributed by atoms with Crippen LogP contribution in [0.4, 0.5) is 0 Å². The van der Waals surface area contributed by atoms with Crippen LogP contribution in [0.25, 0.3) is 11.1 Å². The van der Waals surface area contributed by atoms with Gasteiger partial charge in [-0.15, -0.1) is 0 Å². The van der Waals surface area contributed by atoms with Crippen LogP contribution in [0.1, 0.15) is 12.7 Å². The SMILES string of the molecule is CCc1ncc(-c2ccc(Br)c(Br)c2)cn1. The van der Waals surface area contributed by atoms with E-state index in [1.54, 1.807) is 0 Å². The van der Waals surface area contributed by atoms with Crippen LogP contribution in [0.3, 0.4) is 0 Å². The van der Waals surface area contributed by atoms with Gasteiger partial charge in [0.05, 0.1) is 0 Å². The predicted octanol–water partition coefficient (Wildman–Crippen LogP) is 4.23. The number of rotatable bonds is 2. The molecule has 1 heterocycles. The minimum absolute atomic E-state index is 0.865. The molecule has 0 saturated carbocycles. The fourth-order valence-corrected chi connectivity index (χ4v) is 1.99. The van der Waals surface area contributed by atoms with Gasteiger partial charge >= 0.3 is 0 Å². The maximum atomic E-state index is 4.29. The van der Waals surface area contributed by atoms with Gasteiger partial charge in [0, 0.05) is 33.3 Å². The quantitative estimate of drug-likeness (QED) is 0.816. The molecule has 16 heavy (non-hydrogen) atoms. The summed E-state index contributed by atoms with van der Waals surface area (Å²) in [4.78, 5) is 8.58. The summed E-state index contributed by atoms with van der Waals surface area (Å²) >= 11 is 6.93.